The molecule has 244 valence electrons. The number of likely N-dealkylation sites (tertiary alicyclic amines) is 1. The van der Waals surface area contributed by atoms with Crippen molar-refractivity contribution < 1.29 is 38.4 Å². The minimum Gasteiger partial charge on any atom is -0.493 e. The first-order chi connectivity index (χ1) is 21.7. The number of piperidine rings is 1. The van der Waals surface area contributed by atoms with E-state index >= 15 is 0 Å². The Morgan fingerprint density at radius 3 is 2.22 bits per heavy atom. The third kappa shape index (κ3) is 8.87. The van der Waals surface area contributed by atoms with Crippen LogP contribution in [0.3, 0.4) is 0 Å². The molecule has 0 spiro atoms. The number of benzene rings is 2. The lowest BCUT2D eigenvalue weighted by Gasteiger charge is -2.35. The molecular formula is C36H47NO8. The van der Waals surface area contributed by atoms with Crippen LogP contribution in [0, 0.1) is 5.92 Å². The van der Waals surface area contributed by atoms with E-state index in [4.69, 9.17) is 18.9 Å². The van der Waals surface area contributed by atoms with E-state index in [9.17, 15) is 19.5 Å². The third-order valence-corrected chi connectivity index (χ3v) is 8.94. The maximum atomic E-state index is 13.8. The van der Waals surface area contributed by atoms with Crippen LogP contribution in [-0.4, -0.2) is 73.8 Å². The number of rotatable bonds is 13. The molecule has 9 heteroatoms. The van der Waals surface area contributed by atoms with Gasteiger partial charge in [0, 0.05) is 12.1 Å². The maximum Gasteiger partial charge on any atom is 0.329 e. The molecule has 9 nitrogen and oxygen atoms in total. The second kappa shape index (κ2) is 16.5. The van der Waals surface area contributed by atoms with E-state index in [-0.39, 0.29) is 29.7 Å². The molecule has 4 rings (SSSR count). The van der Waals surface area contributed by atoms with Gasteiger partial charge in [-0.25, -0.2) is 4.79 Å². The quantitative estimate of drug-likeness (QED) is 0.131. The number of methoxy groups -OCH3 is 3. The number of aryl methyl sites for hydroxylation is 1. The molecule has 2 unspecified atom stereocenters. The zero-order chi connectivity index (χ0) is 32.3. The zero-order valence-corrected chi connectivity index (χ0v) is 27.0. The Morgan fingerprint density at radius 1 is 0.933 bits per heavy atom. The summed E-state index contributed by atoms with van der Waals surface area (Å²) < 4.78 is 22.3. The van der Waals surface area contributed by atoms with Gasteiger partial charge in [0.25, 0.3) is 11.7 Å². The van der Waals surface area contributed by atoms with E-state index in [2.05, 4.69) is 18.2 Å². The number of ether oxygens (including phenoxy) is 4. The lowest BCUT2D eigenvalue weighted by molar-refractivity contribution is -0.159. The highest BCUT2D eigenvalue weighted by Gasteiger charge is 2.38. The Hall–Kier alpha value is -3.85. The summed E-state index contributed by atoms with van der Waals surface area (Å²) in [4.78, 5) is 42.3. The molecule has 1 aliphatic heterocycles. The van der Waals surface area contributed by atoms with Gasteiger partial charge in [0.05, 0.1) is 27.4 Å². The molecule has 1 heterocycles. The molecule has 1 aliphatic carbocycles. The monoisotopic (exact) mass is 621 g/mol. The Bertz CT molecular complexity index is 1310. The van der Waals surface area contributed by atoms with Crippen molar-refractivity contribution in [3.8, 4) is 17.2 Å². The van der Waals surface area contributed by atoms with Gasteiger partial charge in [-0.3, -0.25) is 9.59 Å². The second-order valence-corrected chi connectivity index (χ2v) is 12.0. The van der Waals surface area contributed by atoms with E-state index < -0.39 is 29.8 Å². The lowest BCUT2D eigenvalue weighted by atomic mass is 9.85. The molecule has 2 fully saturated rings. The molecule has 2 aromatic carbocycles. The number of ketones is 1. The molecule has 1 saturated carbocycles. The number of allylic oxidation sites excluding steroid dienone is 1. The molecule has 1 saturated heterocycles. The van der Waals surface area contributed by atoms with Crippen molar-refractivity contribution in [2.24, 2.45) is 5.92 Å². The fourth-order valence-corrected chi connectivity index (χ4v) is 6.37. The summed E-state index contributed by atoms with van der Waals surface area (Å²) in [5.74, 6) is -0.853. The molecule has 45 heavy (non-hydrogen) atoms. The highest BCUT2D eigenvalue weighted by atomic mass is 16.5. The molecule has 2 aromatic rings. The van der Waals surface area contributed by atoms with E-state index in [1.165, 1.54) is 43.9 Å². The van der Waals surface area contributed by atoms with Crippen LogP contribution < -0.4 is 14.2 Å². The van der Waals surface area contributed by atoms with Gasteiger partial charge in [0.1, 0.15) is 12.1 Å². The molecule has 0 radical (unpaired) electrons. The zero-order valence-electron chi connectivity index (χ0n) is 27.0. The Labute approximate surface area is 266 Å². The highest BCUT2D eigenvalue weighted by molar-refractivity contribution is 6.43. The number of aliphatic hydroxyl groups excluding tert-OH is 1. The first-order valence-electron chi connectivity index (χ1n) is 16.0. The Morgan fingerprint density at radius 2 is 1.60 bits per heavy atom. The van der Waals surface area contributed by atoms with Gasteiger partial charge in [0.2, 0.25) is 5.75 Å². The number of carbonyl (C=O) groups excluding carboxylic acids is 3. The Balaban J connectivity index is 1.51. The lowest BCUT2D eigenvalue weighted by Crippen LogP contribution is -2.51. The first kappa shape index (κ1) is 34.0. The summed E-state index contributed by atoms with van der Waals surface area (Å²) in [6, 6.07) is 12.2. The van der Waals surface area contributed by atoms with Crippen LogP contribution in [0.15, 0.2) is 54.1 Å². The van der Waals surface area contributed by atoms with Gasteiger partial charge in [0.15, 0.2) is 11.5 Å². The van der Waals surface area contributed by atoms with Gasteiger partial charge < -0.3 is 29.0 Å². The predicted octanol–water partition coefficient (Wildman–Crippen LogP) is 5.71. The summed E-state index contributed by atoms with van der Waals surface area (Å²) in [5.41, 5.74) is 2.29. The fourth-order valence-electron chi connectivity index (χ4n) is 6.37. The van der Waals surface area contributed by atoms with Crippen LogP contribution in [0.4, 0.5) is 0 Å². The number of carbonyl (C=O) groups is 3. The minimum absolute atomic E-state index is 0.0855. The molecule has 1 N–H and O–H groups in total. The van der Waals surface area contributed by atoms with Gasteiger partial charge in [-0.15, -0.1) is 0 Å². The first-order valence-corrected chi connectivity index (χ1v) is 16.0. The number of nitrogens with zero attached hydrogens (tertiary/aromatic N) is 1. The third-order valence-electron chi connectivity index (χ3n) is 8.94. The Kier molecular flexibility index (Phi) is 12.4. The average molecular weight is 622 g/mol. The maximum absolute atomic E-state index is 13.8. The molecular weight excluding hydrogens is 574 g/mol. The molecule has 2 atom stereocenters. The standard InChI is InChI=1S/C36H47NO8/c1-24(21-26-16-18-28(38)19-17-26)30(15-10-13-25-11-6-5-7-12-25)45-36(41)29-14-8-9-20-37(29)35(40)33(39)27-22-31(42-2)34(44-4)32(23-27)43-3/h5-7,11-12,21-23,26,28-30,38H,8-10,13-20H2,1-4H3/b24-21+. The van der Waals surface area contributed by atoms with Crippen LogP contribution in [0.5, 0.6) is 17.2 Å². The summed E-state index contributed by atoms with van der Waals surface area (Å²) in [5, 5.41) is 9.95. The van der Waals surface area contributed by atoms with Crippen molar-refractivity contribution in [1.29, 1.82) is 0 Å². The number of hydrogen-bond donors (Lipinski definition) is 1. The van der Waals surface area contributed by atoms with Crippen molar-refractivity contribution >= 4 is 17.7 Å². The fraction of sp³-hybridized carbons (Fsp3) is 0.528. The largest absolute Gasteiger partial charge is 0.493 e. The average Bonchev–Trinajstić information content (AvgIpc) is 3.07. The van der Waals surface area contributed by atoms with E-state index in [1.807, 2.05) is 25.1 Å². The van der Waals surface area contributed by atoms with Crippen LogP contribution in [0.25, 0.3) is 0 Å². The summed E-state index contributed by atoms with van der Waals surface area (Å²) in [6.45, 7) is 2.29. The SMILES string of the molecule is COc1cc(C(=O)C(=O)N2CCCCC2C(=O)OC(CCCc2ccccc2)/C(C)=C/C2CCC(O)CC2)cc(OC)c1OC. The van der Waals surface area contributed by atoms with Gasteiger partial charge in [-0.05, 0) is 100 Å². The highest BCUT2D eigenvalue weighted by Crippen LogP contribution is 2.38. The van der Waals surface area contributed by atoms with Crippen molar-refractivity contribution in [2.75, 3.05) is 27.9 Å². The number of Topliss-reactive ketones (excluding diaryl/α,β-unsaturated/α-hetero) is 1. The van der Waals surface area contributed by atoms with E-state index in [0.717, 1.165) is 50.5 Å². The van der Waals surface area contributed by atoms with Crippen molar-refractivity contribution in [3.05, 3.63) is 65.2 Å². The van der Waals surface area contributed by atoms with Crippen LogP contribution in [-0.2, 0) is 20.7 Å². The normalized spacial score (nSPS) is 21.0. The topological polar surface area (TPSA) is 112 Å². The smallest absolute Gasteiger partial charge is 0.329 e. The minimum atomic E-state index is -0.855. The summed E-state index contributed by atoms with van der Waals surface area (Å²) >= 11 is 0. The molecule has 2 aliphatic rings. The van der Waals surface area contributed by atoms with Gasteiger partial charge in [-0.1, -0.05) is 36.4 Å². The second-order valence-electron chi connectivity index (χ2n) is 12.0. The van der Waals surface area contributed by atoms with Crippen molar-refractivity contribution in [3.63, 3.8) is 0 Å². The number of aliphatic hydroxyl groups is 1. The molecule has 0 bridgehead atoms. The van der Waals surface area contributed by atoms with Crippen LogP contribution >= 0.6 is 0 Å². The predicted molar refractivity (Wildman–Crippen MR) is 171 cm³/mol. The molecule has 1 amide bonds. The summed E-state index contributed by atoms with van der Waals surface area (Å²) in [7, 11) is 4.34. The van der Waals surface area contributed by atoms with E-state index in [0.29, 0.717) is 30.9 Å². The molecule has 0 aromatic heterocycles. The number of hydrogen-bond acceptors (Lipinski definition) is 8. The van der Waals surface area contributed by atoms with E-state index in [1.54, 1.807) is 0 Å². The number of amides is 1. The van der Waals surface area contributed by atoms with Crippen LogP contribution in [0.1, 0.15) is 80.6 Å². The summed E-state index contributed by atoms with van der Waals surface area (Å²) in [6.07, 6.45) is 9.03. The van der Waals surface area contributed by atoms with Crippen LogP contribution in [0.2, 0.25) is 0 Å². The van der Waals surface area contributed by atoms with Gasteiger partial charge in [-0.2, -0.15) is 0 Å². The number of esters is 1. The van der Waals surface area contributed by atoms with Gasteiger partial charge >= 0.3 is 5.97 Å². The van der Waals surface area contributed by atoms with Crippen molar-refractivity contribution in [1.82, 2.24) is 4.90 Å². The van der Waals surface area contributed by atoms with Crippen molar-refractivity contribution in [2.45, 2.75) is 89.4 Å².